The van der Waals surface area contributed by atoms with Crippen LogP contribution in [0.1, 0.15) is 25.7 Å². The van der Waals surface area contributed by atoms with E-state index in [4.69, 9.17) is 12.2 Å². The number of thioether (sulfide) groups is 1. The summed E-state index contributed by atoms with van der Waals surface area (Å²) in [7, 11) is 0. The zero-order chi connectivity index (χ0) is 18.5. The van der Waals surface area contributed by atoms with Crippen LogP contribution in [-0.4, -0.2) is 33.5 Å². The van der Waals surface area contributed by atoms with Crippen molar-refractivity contribution in [2.45, 2.75) is 36.1 Å². The third-order valence-corrected chi connectivity index (χ3v) is 6.24. The molecule has 26 heavy (non-hydrogen) atoms. The minimum atomic E-state index is -0.452. The Hall–Kier alpha value is -1.78. The fourth-order valence-electron chi connectivity index (χ4n) is 2.65. The van der Waals surface area contributed by atoms with Gasteiger partial charge in [-0.05, 0) is 49.3 Å². The molecule has 1 aliphatic carbocycles. The number of imide groups is 1. The first kappa shape index (κ1) is 19.0. The lowest BCUT2D eigenvalue weighted by Crippen LogP contribution is -2.44. The van der Waals surface area contributed by atoms with Crippen LogP contribution < -0.4 is 10.6 Å². The maximum Gasteiger partial charge on any atom is 0.321 e. The van der Waals surface area contributed by atoms with Crippen molar-refractivity contribution in [2.24, 2.45) is 0 Å². The van der Waals surface area contributed by atoms with Gasteiger partial charge in [-0.2, -0.15) is 0 Å². The van der Waals surface area contributed by atoms with Gasteiger partial charge in [-0.1, -0.05) is 35.9 Å². The van der Waals surface area contributed by atoms with E-state index in [1.807, 2.05) is 0 Å². The monoisotopic (exact) mass is 412 g/mol. The minimum Gasteiger partial charge on any atom is -0.335 e. The molecule has 1 aromatic carbocycles. The minimum absolute atomic E-state index is 0.0593. The molecule has 1 saturated carbocycles. The molecular weight excluding hydrogens is 395 g/mol. The van der Waals surface area contributed by atoms with Crippen molar-refractivity contribution in [1.29, 1.82) is 0 Å². The van der Waals surface area contributed by atoms with Crippen LogP contribution in [0.2, 0.25) is 0 Å². The van der Waals surface area contributed by atoms with Gasteiger partial charge in [0.05, 0.1) is 11.4 Å². The Morgan fingerprint density at radius 1 is 1.31 bits per heavy atom. The zero-order valence-corrected chi connectivity index (χ0v) is 16.2. The molecule has 0 bridgehead atoms. The second kappa shape index (κ2) is 8.74. The number of nitrogens with zero attached hydrogens (tertiary/aromatic N) is 2. The van der Waals surface area contributed by atoms with Gasteiger partial charge in [-0.3, -0.25) is 10.1 Å². The third kappa shape index (κ3) is 5.12. The number of hydrogen-bond acceptors (Lipinski definition) is 6. The maximum atomic E-state index is 13.0. The number of carbonyl (C=O) groups excluding carboxylic acids is 2. The van der Waals surface area contributed by atoms with Crippen molar-refractivity contribution in [2.75, 3.05) is 5.75 Å². The van der Waals surface area contributed by atoms with Gasteiger partial charge in [0.1, 0.15) is 5.82 Å². The number of halogens is 1. The molecule has 3 amide bonds. The fraction of sp³-hybridized carbons (Fsp3) is 0.375. The zero-order valence-electron chi connectivity index (χ0n) is 13.7. The van der Waals surface area contributed by atoms with Gasteiger partial charge < -0.3 is 5.32 Å². The summed E-state index contributed by atoms with van der Waals surface area (Å²) in [6, 6.07) is 5.54. The highest BCUT2D eigenvalue weighted by molar-refractivity contribution is 8.01. The van der Waals surface area contributed by atoms with E-state index in [1.165, 1.54) is 39.9 Å². The number of benzene rings is 1. The molecule has 2 aromatic rings. The smallest absolute Gasteiger partial charge is 0.321 e. The van der Waals surface area contributed by atoms with Gasteiger partial charge in [0.15, 0.2) is 8.29 Å². The molecule has 3 rings (SSSR count). The van der Waals surface area contributed by atoms with E-state index in [9.17, 15) is 14.0 Å². The van der Waals surface area contributed by atoms with Crippen molar-refractivity contribution in [3.05, 3.63) is 34.0 Å². The summed E-state index contributed by atoms with van der Waals surface area (Å²) in [5.74, 6) is -0.665. The molecule has 1 fully saturated rings. The van der Waals surface area contributed by atoms with E-state index < -0.39 is 6.03 Å². The highest BCUT2D eigenvalue weighted by Crippen LogP contribution is 2.24. The van der Waals surface area contributed by atoms with Crippen LogP contribution >= 0.6 is 35.3 Å². The maximum absolute atomic E-state index is 13.0. The van der Waals surface area contributed by atoms with Gasteiger partial charge in [0.25, 0.3) is 0 Å². The van der Waals surface area contributed by atoms with Crippen LogP contribution in [0.25, 0.3) is 5.69 Å². The average molecular weight is 413 g/mol. The fourth-order valence-corrected chi connectivity index (χ4v) is 4.81. The molecule has 1 heterocycles. The number of hydrogen-bond donors (Lipinski definition) is 2. The van der Waals surface area contributed by atoms with Crippen molar-refractivity contribution in [1.82, 2.24) is 20.4 Å². The molecule has 1 aliphatic rings. The Morgan fingerprint density at radius 2 is 2.00 bits per heavy atom. The second-order valence-electron chi connectivity index (χ2n) is 5.81. The molecule has 138 valence electrons. The lowest BCUT2D eigenvalue weighted by Gasteiger charge is -2.11. The Morgan fingerprint density at radius 3 is 2.69 bits per heavy atom. The van der Waals surface area contributed by atoms with Gasteiger partial charge in [0, 0.05) is 6.04 Å². The molecule has 0 saturated heterocycles. The predicted octanol–water partition coefficient (Wildman–Crippen LogP) is 3.66. The van der Waals surface area contributed by atoms with Crippen LogP contribution in [0.5, 0.6) is 0 Å². The Balaban J connectivity index is 1.52. The Labute approximate surface area is 163 Å². The van der Waals surface area contributed by atoms with Gasteiger partial charge in [-0.25, -0.2) is 13.9 Å². The first-order chi connectivity index (χ1) is 12.5. The summed E-state index contributed by atoms with van der Waals surface area (Å²) in [6.07, 6.45) is 4.13. The summed E-state index contributed by atoms with van der Waals surface area (Å²) >= 11 is 7.72. The normalized spacial score (nSPS) is 14.3. The summed E-state index contributed by atoms with van der Waals surface area (Å²) in [5.41, 5.74) is 0.653. The highest BCUT2D eigenvalue weighted by atomic mass is 32.2. The molecule has 6 nitrogen and oxygen atoms in total. The van der Waals surface area contributed by atoms with Crippen molar-refractivity contribution in [3.63, 3.8) is 0 Å². The van der Waals surface area contributed by atoms with Crippen molar-refractivity contribution < 1.29 is 14.0 Å². The third-order valence-electron chi connectivity index (χ3n) is 3.87. The Kier molecular flexibility index (Phi) is 6.38. The molecular formula is C16H17FN4O2S3. The number of amides is 3. The van der Waals surface area contributed by atoms with Gasteiger partial charge >= 0.3 is 6.03 Å². The topological polar surface area (TPSA) is 76.0 Å². The standard InChI is InChI=1S/C16H17FN4O2S3/c17-10-5-7-12(8-6-10)21-16(24)26-15(20-21)25-9-13(22)19-14(23)18-11-3-1-2-4-11/h5-8,11H,1-4,9H2,(H2,18,19,22,23). The lowest BCUT2D eigenvalue weighted by molar-refractivity contribution is -0.117. The lowest BCUT2D eigenvalue weighted by atomic mass is 10.2. The second-order valence-corrected chi connectivity index (χ2v) is 8.66. The molecule has 0 spiro atoms. The summed E-state index contributed by atoms with van der Waals surface area (Å²) < 4.78 is 15.6. The van der Waals surface area contributed by atoms with Crippen LogP contribution in [0, 0.1) is 9.77 Å². The van der Waals surface area contributed by atoms with E-state index >= 15 is 0 Å². The number of carbonyl (C=O) groups is 2. The molecule has 1 aromatic heterocycles. The number of aromatic nitrogens is 2. The molecule has 0 radical (unpaired) electrons. The highest BCUT2D eigenvalue weighted by Gasteiger charge is 2.18. The van der Waals surface area contributed by atoms with Gasteiger partial charge in [0.2, 0.25) is 5.91 Å². The van der Waals surface area contributed by atoms with Crippen LogP contribution in [0.15, 0.2) is 28.6 Å². The van der Waals surface area contributed by atoms with E-state index in [1.54, 1.807) is 12.1 Å². The first-order valence-electron chi connectivity index (χ1n) is 8.10. The molecule has 10 heteroatoms. The number of urea groups is 1. The summed E-state index contributed by atoms with van der Waals surface area (Å²) in [5, 5.41) is 9.47. The number of rotatable bonds is 5. The Bertz CT molecular complexity index is 844. The molecule has 0 unspecified atom stereocenters. The summed E-state index contributed by atoms with van der Waals surface area (Å²) in [4.78, 5) is 23.7. The van der Waals surface area contributed by atoms with E-state index in [0.717, 1.165) is 25.7 Å². The van der Waals surface area contributed by atoms with Crippen LogP contribution in [0.4, 0.5) is 9.18 Å². The molecule has 0 aliphatic heterocycles. The number of nitrogens with one attached hydrogen (secondary N) is 2. The average Bonchev–Trinajstić information content (AvgIpc) is 3.23. The van der Waals surface area contributed by atoms with Crippen molar-refractivity contribution >= 4 is 47.3 Å². The van der Waals surface area contributed by atoms with Gasteiger partial charge in [-0.15, -0.1) is 5.10 Å². The van der Waals surface area contributed by atoms with Crippen LogP contribution in [-0.2, 0) is 4.79 Å². The first-order valence-corrected chi connectivity index (χ1v) is 10.3. The predicted molar refractivity (Wildman–Crippen MR) is 102 cm³/mol. The molecule has 2 N–H and O–H groups in total. The summed E-state index contributed by atoms with van der Waals surface area (Å²) in [6.45, 7) is 0. The van der Waals surface area contributed by atoms with E-state index in [-0.39, 0.29) is 23.5 Å². The van der Waals surface area contributed by atoms with Crippen LogP contribution in [0.3, 0.4) is 0 Å². The SMILES string of the molecule is O=C(CSc1nn(-c2ccc(F)cc2)c(=S)s1)NC(=O)NC1CCCC1. The van der Waals surface area contributed by atoms with E-state index in [0.29, 0.717) is 14.0 Å². The van der Waals surface area contributed by atoms with E-state index in [2.05, 4.69) is 15.7 Å². The van der Waals surface area contributed by atoms with Crippen molar-refractivity contribution in [3.8, 4) is 5.69 Å². The largest absolute Gasteiger partial charge is 0.335 e. The quantitative estimate of drug-likeness (QED) is 0.579. The molecule has 0 atom stereocenters.